The molecule has 1 aliphatic rings. The molecule has 0 unspecified atom stereocenters. The van der Waals surface area contributed by atoms with Crippen molar-refractivity contribution in [3.8, 4) is 0 Å². The summed E-state index contributed by atoms with van der Waals surface area (Å²) in [7, 11) is -7.26. The molecule has 0 aliphatic carbocycles. The fourth-order valence-corrected chi connectivity index (χ4v) is 5.99. The number of hydrogen-bond acceptors (Lipinski definition) is 5. The van der Waals surface area contributed by atoms with Gasteiger partial charge in [0.2, 0.25) is 20.0 Å². The van der Waals surface area contributed by atoms with Crippen LogP contribution in [0.1, 0.15) is 16.7 Å². The van der Waals surface area contributed by atoms with E-state index in [2.05, 4.69) is 21.8 Å². The molecule has 7 nitrogen and oxygen atoms in total. The summed E-state index contributed by atoms with van der Waals surface area (Å²) in [6, 6.07) is 15.0. The van der Waals surface area contributed by atoms with Crippen molar-refractivity contribution >= 4 is 20.0 Å². The quantitative estimate of drug-likeness (QED) is 0.661. The topological polar surface area (TPSA) is 86.8 Å². The van der Waals surface area contributed by atoms with Gasteiger partial charge >= 0.3 is 0 Å². The van der Waals surface area contributed by atoms with Gasteiger partial charge in [0.05, 0.1) is 10.6 Å². The third-order valence-electron chi connectivity index (χ3n) is 5.41. The van der Waals surface area contributed by atoms with Gasteiger partial charge in [0.25, 0.3) is 0 Å². The van der Waals surface area contributed by atoms with Crippen LogP contribution in [-0.4, -0.2) is 64.5 Å². The molecule has 1 saturated heterocycles. The van der Waals surface area contributed by atoms with Crippen LogP contribution in [0.3, 0.4) is 0 Å². The smallest absolute Gasteiger partial charge is 0.240 e. The molecule has 0 saturated carbocycles. The number of aryl methyl sites for hydroxylation is 2. The lowest BCUT2D eigenvalue weighted by atomic mass is 10.1. The largest absolute Gasteiger partial charge is 0.296 e. The van der Waals surface area contributed by atoms with Gasteiger partial charge in [-0.25, -0.2) is 21.6 Å². The maximum absolute atomic E-state index is 12.6. The van der Waals surface area contributed by atoms with Crippen LogP contribution >= 0.6 is 0 Å². The van der Waals surface area contributed by atoms with E-state index in [4.69, 9.17) is 0 Å². The van der Waals surface area contributed by atoms with Gasteiger partial charge in [-0.1, -0.05) is 36.4 Å². The maximum Gasteiger partial charge on any atom is 0.240 e. The molecule has 1 N–H and O–H groups in total. The van der Waals surface area contributed by atoms with Crippen molar-refractivity contribution in [2.45, 2.75) is 25.3 Å². The third-order valence-corrected chi connectivity index (χ3v) is 8.75. The molecule has 1 aliphatic heterocycles. The van der Waals surface area contributed by atoms with Crippen LogP contribution in [0.4, 0.5) is 0 Å². The Morgan fingerprint density at radius 2 is 1.53 bits per heavy atom. The van der Waals surface area contributed by atoms with Crippen LogP contribution < -0.4 is 4.72 Å². The van der Waals surface area contributed by atoms with Gasteiger partial charge in [-0.3, -0.25) is 4.90 Å². The Labute approximate surface area is 179 Å². The van der Waals surface area contributed by atoms with Crippen LogP contribution in [0.25, 0.3) is 0 Å². The molecule has 0 amide bonds. The molecule has 30 heavy (non-hydrogen) atoms. The minimum absolute atomic E-state index is 0.150. The summed E-state index contributed by atoms with van der Waals surface area (Å²) in [4.78, 5) is 2.38. The zero-order chi connectivity index (χ0) is 21.8. The molecule has 0 bridgehead atoms. The summed E-state index contributed by atoms with van der Waals surface area (Å²) in [5.74, 6) is -0.254. The van der Waals surface area contributed by atoms with Crippen molar-refractivity contribution in [2.75, 3.05) is 38.5 Å². The van der Waals surface area contributed by atoms with Crippen LogP contribution in [0.2, 0.25) is 0 Å². The molecule has 9 heteroatoms. The van der Waals surface area contributed by atoms with E-state index in [1.807, 2.05) is 32.0 Å². The molecule has 3 rings (SSSR count). The van der Waals surface area contributed by atoms with E-state index < -0.39 is 20.0 Å². The molecule has 2 aromatic rings. The number of piperazine rings is 1. The van der Waals surface area contributed by atoms with E-state index >= 15 is 0 Å². The van der Waals surface area contributed by atoms with Crippen LogP contribution in [0, 0.1) is 13.8 Å². The van der Waals surface area contributed by atoms with Crippen molar-refractivity contribution in [3.63, 3.8) is 0 Å². The summed E-state index contributed by atoms with van der Waals surface area (Å²) in [5.41, 5.74) is 3.08. The minimum atomic E-state index is -3.74. The summed E-state index contributed by atoms with van der Waals surface area (Å²) in [6.45, 7) is 6.54. The summed E-state index contributed by atoms with van der Waals surface area (Å²) < 4.78 is 54.1. The average Bonchev–Trinajstić information content (AvgIpc) is 2.71. The third kappa shape index (κ3) is 5.89. The number of sulfonamides is 2. The van der Waals surface area contributed by atoms with Crippen molar-refractivity contribution in [3.05, 3.63) is 65.2 Å². The molecule has 1 fully saturated rings. The SMILES string of the molecule is Cc1ccc(S(=O)(=O)NCCS(=O)(=O)N2CCN(Cc3ccccc3)CC2)cc1C. The lowest BCUT2D eigenvalue weighted by Gasteiger charge is -2.34. The highest BCUT2D eigenvalue weighted by molar-refractivity contribution is 7.90. The van der Waals surface area contributed by atoms with Gasteiger partial charge in [-0.2, -0.15) is 4.31 Å². The van der Waals surface area contributed by atoms with Gasteiger partial charge in [0.1, 0.15) is 0 Å². The van der Waals surface area contributed by atoms with Gasteiger partial charge in [0.15, 0.2) is 0 Å². The van der Waals surface area contributed by atoms with Gasteiger partial charge in [-0.05, 0) is 42.7 Å². The number of nitrogens with one attached hydrogen (secondary N) is 1. The van der Waals surface area contributed by atoms with E-state index in [-0.39, 0.29) is 17.2 Å². The lowest BCUT2D eigenvalue weighted by Crippen LogP contribution is -2.49. The maximum atomic E-state index is 12.6. The molecular formula is C21H29N3O4S2. The Bertz CT molecular complexity index is 1060. The van der Waals surface area contributed by atoms with Crippen LogP contribution in [-0.2, 0) is 26.6 Å². The second kappa shape index (κ2) is 9.57. The molecule has 0 atom stereocenters. The zero-order valence-electron chi connectivity index (χ0n) is 17.4. The Hall–Kier alpha value is -1.78. The second-order valence-electron chi connectivity index (χ2n) is 7.62. The number of hydrogen-bond donors (Lipinski definition) is 1. The number of benzene rings is 2. The number of rotatable bonds is 8. The van der Waals surface area contributed by atoms with Crippen molar-refractivity contribution < 1.29 is 16.8 Å². The van der Waals surface area contributed by atoms with Gasteiger partial charge in [-0.15, -0.1) is 0 Å². The first kappa shape index (κ1) is 22.9. The van der Waals surface area contributed by atoms with Crippen molar-refractivity contribution in [2.24, 2.45) is 0 Å². The van der Waals surface area contributed by atoms with E-state index in [0.29, 0.717) is 26.2 Å². The molecule has 0 spiro atoms. The minimum Gasteiger partial charge on any atom is -0.296 e. The second-order valence-corrected chi connectivity index (χ2v) is 11.5. The Morgan fingerprint density at radius 3 is 2.17 bits per heavy atom. The molecule has 164 valence electrons. The van der Waals surface area contributed by atoms with E-state index in [9.17, 15) is 16.8 Å². The van der Waals surface area contributed by atoms with Crippen molar-refractivity contribution in [1.82, 2.24) is 13.9 Å². The predicted molar refractivity (Wildman–Crippen MR) is 118 cm³/mol. The molecule has 0 aromatic heterocycles. The average molecular weight is 452 g/mol. The highest BCUT2D eigenvalue weighted by Gasteiger charge is 2.27. The van der Waals surface area contributed by atoms with Gasteiger partial charge < -0.3 is 0 Å². The summed E-state index contributed by atoms with van der Waals surface area (Å²) >= 11 is 0. The van der Waals surface area contributed by atoms with Gasteiger partial charge in [0, 0.05) is 39.3 Å². The molecule has 2 aromatic carbocycles. The Kier molecular flexibility index (Phi) is 7.30. The van der Waals surface area contributed by atoms with E-state index in [0.717, 1.165) is 17.7 Å². The highest BCUT2D eigenvalue weighted by atomic mass is 32.2. The normalized spacial score (nSPS) is 16.6. The highest BCUT2D eigenvalue weighted by Crippen LogP contribution is 2.15. The molecule has 1 heterocycles. The zero-order valence-corrected chi connectivity index (χ0v) is 19.0. The van der Waals surface area contributed by atoms with Crippen LogP contribution in [0.5, 0.6) is 0 Å². The number of nitrogens with zero attached hydrogens (tertiary/aromatic N) is 2. The standard InChI is InChI=1S/C21H29N3O4S2/c1-18-8-9-21(16-19(18)2)30(27,28)22-10-15-29(25,26)24-13-11-23(12-14-24)17-20-6-4-3-5-7-20/h3-9,16,22H,10-15,17H2,1-2H3. The summed E-state index contributed by atoms with van der Waals surface area (Å²) in [6.07, 6.45) is 0. The Morgan fingerprint density at radius 1 is 0.867 bits per heavy atom. The summed E-state index contributed by atoms with van der Waals surface area (Å²) in [5, 5.41) is 0. The molecule has 0 radical (unpaired) electrons. The van der Waals surface area contributed by atoms with E-state index in [1.54, 1.807) is 12.1 Å². The lowest BCUT2D eigenvalue weighted by molar-refractivity contribution is 0.181. The first-order valence-corrected chi connectivity index (χ1v) is 13.1. The monoisotopic (exact) mass is 451 g/mol. The Balaban J connectivity index is 1.50. The molecular weight excluding hydrogens is 422 g/mol. The fourth-order valence-electron chi connectivity index (χ4n) is 3.41. The first-order chi connectivity index (χ1) is 14.2. The fraction of sp³-hybridized carbons (Fsp3) is 0.429. The van der Waals surface area contributed by atoms with Crippen molar-refractivity contribution in [1.29, 1.82) is 0 Å². The van der Waals surface area contributed by atoms with E-state index in [1.165, 1.54) is 15.9 Å². The van der Waals surface area contributed by atoms with Crippen LogP contribution in [0.15, 0.2) is 53.4 Å². The first-order valence-electron chi connectivity index (χ1n) is 9.98. The predicted octanol–water partition coefficient (Wildman–Crippen LogP) is 1.73.